The molecule has 1 heterocycles. The Kier molecular flexibility index (Phi) is 4.72. The lowest BCUT2D eigenvalue weighted by atomic mass is 10.7. The number of hydrogen-bond donors (Lipinski definition) is 1. The van der Waals surface area contributed by atoms with Crippen LogP contribution < -0.4 is 5.20 Å². The maximum Gasteiger partial charge on any atom is 0.157 e. The minimum absolute atomic E-state index is 0.278. The van der Waals surface area contributed by atoms with Crippen molar-refractivity contribution in [2.24, 2.45) is 5.10 Å². The van der Waals surface area contributed by atoms with Gasteiger partial charge < -0.3 is 0 Å². The van der Waals surface area contributed by atoms with E-state index in [1.807, 2.05) is 11.4 Å². The molecule has 0 aromatic heterocycles. The monoisotopic (exact) mass is 223 g/mol. The number of rotatable bonds is 3. The van der Waals surface area contributed by atoms with Crippen LogP contribution in [-0.2, 0) is 0 Å². The quantitative estimate of drug-likeness (QED) is 0.744. The summed E-state index contributed by atoms with van der Waals surface area (Å²) in [5, 5.41) is 7.41. The van der Waals surface area contributed by atoms with Crippen LogP contribution >= 0.6 is 30.6 Å². The molecule has 1 N–H and O–H groups in total. The summed E-state index contributed by atoms with van der Waals surface area (Å²) in [6.07, 6.45) is 2.06. The summed E-state index contributed by atoms with van der Waals surface area (Å²) in [6, 6.07) is 0. The SMILES string of the molecule is CCN(CC)P1NN=C(SC)S1. The lowest BCUT2D eigenvalue weighted by molar-refractivity contribution is 0.508. The Morgan fingerprint density at radius 3 is 2.67 bits per heavy atom. The van der Waals surface area contributed by atoms with Crippen molar-refractivity contribution in [3.8, 4) is 0 Å². The summed E-state index contributed by atoms with van der Waals surface area (Å²) in [5.41, 5.74) is 0. The van der Waals surface area contributed by atoms with E-state index in [2.05, 4.69) is 35.1 Å². The van der Waals surface area contributed by atoms with E-state index in [9.17, 15) is 0 Å². The molecule has 6 heteroatoms. The summed E-state index contributed by atoms with van der Waals surface area (Å²) in [6.45, 7) is 6.56. The molecule has 0 saturated heterocycles. The molecule has 70 valence electrons. The Balaban J connectivity index is 2.38. The fourth-order valence-corrected chi connectivity index (χ4v) is 5.83. The molecule has 0 amide bonds. The van der Waals surface area contributed by atoms with E-state index in [1.54, 1.807) is 11.8 Å². The van der Waals surface area contributed by atoms with Gasteiger partial charge in [0.15, 0.2) is 11.8 Å². The van der Waals surface area contributed by atoms with E-state index < -0.39 is 0 Å². The second kappa shape index (κ2) is 5.32. The first-order chi connectivity index (χ1) is 5.81. The third-order valence-electron chi connectivity index (χ3n) is 1.55. The van der Waals surface area contributed by atoms with Gasteiger partial charge in [-0.2, -0.15) is 5.10 Å². The molecule has 12 heavy (non-hydrogen) atoms. The van der Waals surface area contributed by atoms with Gasteiger partial charge in [-0.3, -0.25) is 9.87 Å². The van der Waals surface area contributed by atoms with Gasteiger partial charge in [0.2, 0.25) is 0 Å². The highest BCUT2D eigenvalue weighted by molar-refractivity contribution is 8.69. The van der Waals surface area contributed by atoms with Crippen LogP contribution in [-0.4, -0.2) is 28.4 Å². The molecule has 1 rings (SSSR count). The molecular weight excluding hydrogens is 209 g/mol. The van der Waals surface area contributed by atoms with Gasteiger partial charge in [-0.15, -0.1) is 11.8 Å². The number of nitrogens with one attached hydrogen (secondary N) is 1. The maximum atomic E-state index is 4.23. The Hall–Kier alpha value is 0.560. The predicted octanol–water partition coefficient (Wildman–Crippen LogP) is 2.53. The first kappa shape index (κ1) is 10.6. The highest BCUT2D eigenvalue weighted by Gasteiger charge is 2.23. The van der Waals surface area contributed by atoms with Crippen LogP contribution in [0.2, 0.25) is 0 Å². The minimum atomic E-state index is -0.278. The maximum absolute atomic E-state index is 4.23. The van der Waals surface area contributed by atoms with Gasteiger partial charge >= 0.3 is 0 Å². The highest BCUT2D eigenvalue weighted by Crippen LogP contribution is 2.54. The molecule has 0 radical (unpaired) electrons. The molecule has 1 unspecified atom stereocenters. The standard InChI is InChI=1S/C6H14N3PS2/c1-4-9(5-2)10-8-7-6(11-3)12-10/h8H,4-5H2,1-3H3. The summed E-state index contributed by atoms with van der Waals surface area (Å²) in [4.78, 5) is 0. The van der Waals surface area contributed by atoms with Crippen molar-refractivity contribution >= 4 is 34.9 Å². The molecule has 0 aliphatic carbocycles. The Morgan fingerprint density at radius 2 is 2.25 bits per heavy atom. The van der Waals surface area contributed by atoms with E-state index in [-0.39, 0.29) is 7.42 Å². The lowest BCUT2D eigenvalue weighted by Crippen LogP contribution is -2.18. The zero-order valence-electron chi connectivity index (χ0n) is 7.57. The second-order valence-corrected chi connectivity index (χ2v) is 6.70. The Bertz CT molecular complexity index is 172. The second-order valence-electron chi connectivity index (χ2n) is 2.18. The zero-order valence-corrected chi connectivity index (χ0v) is 10.1. The van der Waals surface area contributed by atoms with Crippen molar-refractivity contribution in [3.05, 3.63) is 0 Å². The predicted molar refractivity (Wildman–Crippen MR) is 61.5 cm³/mol. The largest absolute Gasteiger partial charge is 0.263 e. The van der Waals surface area contributed by atoms with Crippen molar-refractivity contribution in [2.45, 2.75) is 13.8 Å². The topological polar surface area (TPSA) is 27.6 Å². The fourth-order valence-electron chi connectivity index (χ4n) is 0.883. The first-order valence-electron chi connectivity index (χ1n) is 3.92. The normalized spacial score (nSPS) is 22.7. The molecule has 0 spiro atoms. The number of thioether (sulfide) groups is 1. The van der Waals surface area contributed by atoms with E-state index in [4.69, 9.17) is 0 Å². The number of hydrazone groups is 1. The van der Waals surface area contributed by atoms with Crippen LogP contribution in [0.25, 0.3) is 0 Å². The molecule has 0 aromatic carbocycles. The van der Waals surface area contributed by atoms with E-state index in [0.717, 1.165) is 17.5 Å². The highest BCUT2D eigenvalue weighted by atomic mass is 32.7. The van der Waals surface area contributed by atoms with Crippen LogP contribution in [0.3, 0.4) is 0 Å². The van der Waals surface area contributed by atoms with Crippen molar-refractivity contribution in [2.75, 3.05) is 19.3 Å². The average molecular weight is 223 g/mol. The molecular formula is C6H14N3PS2. The summed E-state index contributed by atoms with van der Waals surface area (Å²) in [7, 11) is -0.278. The molecule has 3 nitrogen and oxygen atoms in total. The van der Waals surface area contributed by atoms with Crippen molar-refractivity contribution in [3.63, 3.8) is 0 Å². The molecule has 1 atom stereocenters. The fraction of sp³-hybridized carbons (Fsp3) is 0.833. The molecule has 0 bridgehead atoms. The van der Waals surface area contributed by atoms with Gasteiger partial charge in [-0.25, -0.2) is 0 Å². The van der Waals surface area contributed by atoms with Crippen molar-refractivity contribution < 1.29 is 0 Å². The van der Waals surface area contributed by atoms with E-state index in [1.165, 1.54) is 0 Å². The zero-order chi connectivity index (χ0) is 8.97. The molecule has 0 fully saturated rings. The average Bonchev–Trinajstić information content (AvgIpc) is 2.55. The van der Waals surface area contributed by atoms with Crippen LogP contribution in [0.1, 0.15) is 13.8 Å². The summed E-state index contributed by atoms with van der Waals surface area (Å²) in [5.74, 6) is 0. The van der Waals surface area contributed by atoms with Gasteiger partial charge in [-0.1, -0.05) is 13.8 Å². The minimum Gasteiger partial charge on any atom is -0.263 e. The van der Waals surface area contributed by atoms with Crippen molar-refractivity contribution in [1.29, 1.82) is 0 Å². The number of nitrogens with zero attached hydrogens (tertiary/aromatic N) is 2. The molecule has 1 aliphatic heterocycles. The lowest BCUT2D eigenvalue weighted by Gasteiger charge is -2.22. The third kappa shape index (κ3) is 2.52. The Labute approximate surface area is 83.3 Å². The van der Waals surface area contributed by atoms with Crippen LogP contribution in [0.15, 0.2) is 5.10 Å². The smallest absolute Gasteiger partial charge is 0.157 e. The van der Waals surface area contributed by atoms with Gasteiger partial charge in [0, 0.05) is 13.1 Å². The molecule has 0 aromatic rings. The third-order valence-corrected chi connectivity index (χ3v) is 6.86. The summed E-state index contributed by atoms with van der Waals surface area (Å²) >= 11 is 3.58. The van der Waals surface area contributed by atoms with E-state index in [0.29, 0.717) is 0 Å². The molecule has 1 aliphatic rings. The van der Waals surface area contributed by atoms with Gasteiger partial charge in [0.1, 0.15) is 0 Å². The van der Waals surface area contributed by atoms with Crippen LogP contribution in [0.5, 0.6) is 0 Å². The van der Waals surface area contributed by atoms with Gasteiger partial charge in [-0.05, 0) is 17.6 Å². The van der Waals surface area contributed by atoms with E-state index >= 15 is 0 Å². The number of hydrogen-bond acceptors (Lipinski definition) is 5. The van der Waals surface area contributed by atoms with Gasteiger partial charge in [0.25, 0.3) is 0 Å². The first-order valence-corrected chi connectivity index (χ1v) is 7.86. The summed E-state index contributed by atoms with van der Waals surface area (Å²) < 4.78 is 3.57. The van der Waals surface area contributed by atoms with Crippen molar-refractivity contribution in [1.82, 2.24) is 9.87 Å². The van der Waals surface area contributed by atoms with Gasteiger partial charge in [0.05, 0.1) is 0 Å². The molecule has 0 saturated carbocycles. The van der Waals surface area contributed by atoms with Crippen LogP contribution in [0, 0.1) is 0 Å². The van der Waals surface area contributed by atoms with Crippen LogP contribution in [0.4, 0.5) is 0 Å². The Morgan fingerprint density at radius 1 is 1.58 bits per heavy atom.